The summed E-state index contributed by atoms with van der Waals surface area (Å²) >= 11 is 5.27. The Morgan fingerprint density at radius 1 is 1.50 bits per heavy atom. The lowest BCUT2D eigenvalue weighted by molar-refractivity contribution is 0.568. The summed E-state index contributed by atoms with van der Waals surface area (Å²) in [6, 6.07) is 7.33. The predicted octanol–water partition coefficient (Wildman–Crippen LogP) is 2.15. The summed E-state index contributed by atoms with van der Waals surface area (Å²) < 4.78 is 26.2. The number of nitriles is 1. The number of nitrogens with zero attached hydrogens (tertiary/aromatic N) is 2. The zero-order valence-corrected chi connectivity index (χ0v) is 12.3. The summed E-state index contributed by atoms with van der Waals surface area (Å²) in [5, 5.41) is 8.59. The van der Waals surface area contributed by atoms with E-state index in [1.54, 1.807) is 22.8 Å². The molecule has 0 radical (unpaired) electrons. The minimum absolute atomic E-state index is 0.261. The molecule has 20 heavy (non-hydrogen) atoms. The normalized spacial score (nSPS) is 21.1. The van der Waals surface area contributed by atoms with Crippen LogP contribution in [0.1, 0.15) is 18.4 Å². The van der Waals surface area contributed by atoms with Crippen LogP contribution >= 0.6 is 12.2 Å². The van der Waals surface area contributed by atoms with Crippen molar-refractivity contribution in [2.45, 2.75) is 24.6 Å². The maximum atomic E-state index is 11.9. The average molecular weight is 307 g/mol. The summed E-state index contributed by atoms with van der Waals surface area (Å²) in [4.78, 5) is 3.05. The van der Waals surface area contributed by atoms with E-state index in [4.69, 9.17) is 17.5 Å². The lowest BCUT2D eigenvalue weighted by atomic mass is 10.2. The molecule has 2 heterocycles. The molecule has 5 nitrogen and oxygen atoms in total. The van der Waals surface area contributed by atoms with Gasteiger partial charge in [0.2, 0.25) is 0 Å². The molecule has 0 bridgehead atoms. The van der Waals surface area contributed by atoms with E-state index in [2.05, 4.69) is 11.1 Å². The number of rotatable bonds is 2. The van der Waals surface area contributed by atoms with Gasteiger partial charge in [-0.1, -0.05) is 0 Å². The first-order valence-electron chi connectivity index (χ1n) is 6.35. The fourth-order valence-corrected chi connectivity index (χ4v) is 4.76. The molecule has 1 atom stereocenters. The smallest absolute Gasteiger partial charge is 0.178 e. The molecule has 1 aliphatic rings. The van der Waals surface area contributed by atoms with E-state index in [1.165, 1.54) is 0 Å². The second-order valence-corrected chi connectivity index (χ2v) is 7.80. The molecule has 1 saturated heterocycles. The first-order chi connectivity index (χ1) is 9.51. The molecule has 7 heteroatoms. The third kappa shape index (κ3) is 2.15. The summed E-state index contributed by atoms with van der Waals surface area (Å²) in [5.74, 6) is 0.261. The molecular weight excluding hydrogens is 294 g/mol. The van der Waals surface area contributed by atoms with Gasteiger partial charge in [-0.2, -0.15) is 5.26 Å². The fraction of sp³-hybridized carbons (Fsp3) is 0.385. The lowest BCUT2D eigenvalue weighted by Gasteiger charge is -2.11. The number of nitrogens with one attached hydrogen (secondary N) is 1. The molecular formula is C13H13N3O2S2. The number of H-pyrrole nitrogens is 1. The Kier molecular flexibility index (Phi) is 3.15. The van der Waals surface area contributed by atoms with Gasteiger partial charge in [-0.15, -0.1) is 0 Å². The van der Waals surface area contributed by atoms with Crippen molar-refractivity contribution in [3.63, 3.8) is 0 Å². The van der Waals surface area contributed by atoms with Crippen LogP contribution in [0.15, 0.2) is 18.2 Å². The topological polar surface area (TPSA) is 78.7 Å². The minimum Gasteiger partial charge on any atom is -0.331 e. The highest BCUT2D eigenvalue weighted by Gasteiger charge is 2.31. The van der Waals surface area contributed by atoms with Gasteiger partial charge in [-0.05, 0) is 43.3 Å². The molecule has 3 rings (SSSR count). The number of sulfone groups is 1. The van der Waals surface area contributed by atoms with Crippen LogP contribution in [-0.2, 0) is 16.4 Å². The van der Waals surface area contributed by atoms with E-state index in [0.29, 0.717) is 29.7 Å². The second-order valence-electron chi connectivity index (χ2n) is 5.02. The van der Waals surface area contributed by atoms with Crippen molar-refractivity contribution in [2.24, 2.45) is 0 Å². The number of hydrogen-bond donors (Lipinski definition) is 1. The number of aromatic nitrogens is 2. The van der Waals surface area contributed by atoms with E-state index >= 15 is 0 Å². The Hall–Kier alpha value is -1.65. The van der Waals surface area contributed by atoms with Gasteiger partial charge in [-0.3, -0.25) is 0 Å². The molecule has 1 fully saturated rings. The summed E-state index contributed by atoms with van der Waals surface area (Å²) in [6.45, 7) is 0.357. The van der Waals surface area contributed by atoms with Crippen LogP contribution in [0, 0.1) is 16.1 Å². The van der Waals surface area contributed by atoms with Gasteiger partial charge in [0.1, 0.15) is 0 Å². The van der Waals surface area contributed by atoms with Gasteiger partial charge in [0, 0.05) is 6.54 Å². The fourth-order valence-electron chi connectivity index (χ4n) is 2.67. The van der Waals surface area contributed by atoms with E-state index in [-0.39, 0.29) is 11.0 Å². The maximum Gasteiger partial charge on any atom is 0.178 e. The first kappa shape index (κ1) is 13.3. The Balaban J connectivity index is 2.09. The molecule has 0 saturated carbocycles. The number of fused-ring (bicyclic) bond motifs is 1. The van der Waals surface area contributed by atoms with Crippen molar-refractivity contribution in [3.8, 4) is 6.07 Å². The SMILES string of the molecule is N#Cc1ccc2[nH]c(=S)n(CC3CCCS3(=O)=O)c2c1. The van der Waals surface area contributed by atoms with E-state index in [1.807, 2.05) is 0 Å². The number of hydrogen-bond acceptors (Lipinski definition) is 4. The first-order valence-corrected chi connectivity index (χ1v) is 8.48. The Bertz CT molecular complexity index is 871. The third-order valence-electron chi connectivity index (χ3n) is 3.75. The van der Waals surface area contributed by atoms with Gasteiger partial charge in [0.25, 0.3) is 0 Å². The molecule has 1 aromatic heterocycles. The Morgan fingerprint density at radius 3 is 2.95 bits per heavy atom. The van der Waals surface area contributed by atoms with Crippen molar-refractivity contribution in [3.05, 3.63) is 28.5 Å². The molecule has 0 spiro atoms. The molecule has 1 aromatic carbocycles. The van der Waals surface area contributed by atoms with Crippen LogP contribution in [0.3, 0.4) is 0 Å². The minimum atomic E-state index is -3.01. The number of imidazole rings is 1. The predicted molar refractivity (Wildman–Crippen MR) is 78.6 cm³/mol. The molecule has 0 aliphatic carbocycles. The van der Waals surface area contributed by atoms with Crippen molar-refractivity contribution in [1.82, 2.24) is 9.55 Å². The van der Waals surface area contributed by atoms with Gasteiger partial charge in [0.05, 0.1) is 33.7 Å². The van der Waals surface area contributed by atoms with Gasteiger partial charge >= 0.3 is 0 Å². The zero-order chi connectivity index (χ0) is 14.3. The van der Waals surface area contributed by atoms with Crippen LogP contribution in [0.5, 0.6) is 0 Å². The molecule has 0 amide bonds. The molecule has 1 N–H and O–H groups in total. The molecule has 1 aliphatic heterocycles. The van der Waals surface area contributed by atoms with Crippen LogP contribution < -0.4 is 0 Å². The van der Waals surface area contributed by atoms with Crippen molar-refractivity contribution in [2.75, 3.05) is 5.75 Å². The van der Waals surface area contributed by atoms with Crippen molar-refractivity contribution < 1.29 is 8.42 Å². The van der Waals surface area contributed by atoms with Gasteiger partial charge in [0.15, 0.2) is 14.6 Å². The van der Waals surface area contributed by atoms with E-state index < -0.39 is 9.84 Å². The number of aromatic amines is 1. The number of benzene rings is 1. The lowest BCUT2D eigenvalue weighted by Crippen LogP contribution is -2.22. The quantitative estimate of drug-likeness (QED) is 0.862. The van der Waals surface area contributed by atoms with Crippen molar-refractivity contribution in [1.29, 1.82) is 5.26 Å². The van der Waals surface area contributed by atoms with Crippen LogP contribution in [-0.4, -0.2) is 29.0 Å². The van der Waals surface area contributed by atoms with Gasteiger partial charge in [-0.25, -0.2) is 8.42 Å². The largest absolute Gasteiger partial charge is 0.331 e. The Morgan fingerprint density at radius 2 is 2.30 bits per heavy atom. The van der Waals surface area contributed by atoms with Crippen molar-refractivity contribution >= 4 is 33.1 Å². The summed E-state index contributed by atoms with van der Waals surface area (Å²) in [7, 11) is -3.01. The summed E-state index contributed by atoms with van der Waals surface area (Å²) in [6.07, 6.45) is 1.39. The van der Waals surface area contributed by atoms with Crippen LogP contribution in [0.4, 0.5) is 0 Å². The van der Waals surface area contributed by atoms with Crippen LogP contribution in [0.2, 0.25) is 0 Å². The highest BCUT2D eigenvalue weighted by atomic mass is 32.2. The zero-order valence-electron chi connectivity index (χ0n) is 10.7. The highest BCUT2D eigenvalue weighted by Crippen LogP contribution is 2.24. The molecule has 104 valence electrons. The Labute approximate surface area is 121 Å². The second kappa shape index (κ2) is 4.72. The van der Waals surface area contributed by atoms with Crippen LogP contribution in [0.25, 0.3) is 11.0 Å². The monoisotopic (exact) mass is 307 g/mol. The molecule has 2 aromatic rings. The van der Waals surface area contributed by atoms with Gasteiger partial charge < -0.3 is 9.55 Å². The third-order valence-corrected chi connectivity index (χ3v) is 6.33. The average Bonchev–Trinajstić information content (AvgIpc) is 2.90. The van der Waals surface area contributed by atoms with E-state index in [0.717, 1.165) is 11.0 Å². The standard InChI is InChI=1S/C13H13N3O2S2/c14-7-9-3-4-11-12(6-9)16(13(19)15-11)8-10-2-1-5-20(10,17)18/h3-4,6,10H,1-2,5,8H2,(H,15,19). The maximum absolute atomic E-state index is 11.9. The highest BCUT2D eigenvalue weighted by molar-refractivity contribution is 7.92. The summed E-state index contributed by atoms with van der Waals surface area (Å²) in [5.41, 5.74) is 2.15. The molecule has 1 unspecified atom stereocenters. The van der Waals surface area contributed by atoms with E-state index in [9.17, 15) is 8.42 Å².